The first kappa shape index (κ1) is 13.5. The molecule has 7 heteroatoms. The zero-order chi connectivity index (χ0) is 14.7. The molecule has 0 aromatic carbocycles. The van der Waals surface area contributed by atoms with Gasteiger partial charge in [0.25, 0.3) is 0 Å². The number of amides is 4. The number of urea groups is 2. The number of carbonyl (C=O) groups excluding carboxylic acids is 2. The van der Waals surface area contributed by atoms with Crippen molar-refractivity contribution in [3.05, 3.63) is 0 Å². The van der Waals surface area contributed by atoms with Gasteiger partial charge in [0.2, 0.25) is 0 Å². The molecule has 3 heterocycles. The van der Waals surface area contributed by atoms with Gasteiger partial charge in [-0.05, 0) is 27.2 Å². The maximum atomic E-state index is 12.7. The predicted molar refractivity (Wildman–Crippen MR) is 73.5 cm³/mol. The van der Waals surface area contributed by atoms with Gasteiger partial charge in [-0.15, -0.1) is 0 Å². The molecule has 0 aromatic heterocycles. The van der Waals surface area contributed by atoms with Crippen LogP contribution in [0.1, 0.15) is 34.1 Å². The lowest BCUT2D eigenvalue weighted by Gasteiger charge is -2.41. The third-order valence-electron chi connectivity index (χ3n) is 4.15. The zero-order valence-corrected chi connectivity index (χ0v) is 12.6. The molecule has 4 amide bonds. The van der Waals surface area contributed by atoms with Gasteiger partial charge < -0.3 is 5.32 Å². The third-order valence-corrected chi connectivity index (χ3v) is 4.15. The topological polar surface area (TPSA) is 59.1 Å². The second-order valence-corrected chi connectivity index (χ2v) is 6.75. The molecule has 112 valence electrons. The van der Waals surface area contributed by atoms with E-state index in [9.17, 15) is 9.59 Å². The predicted octanol–water partition coefficient (Wildman–Crippen LogP) is 0.841. The van der Waals surface area contributed by atoms with Gasteiger partial charge in [0.1, 0.15) is 6.17 Å². The molecule has 0 aromatic rings. The molecule has 3 aliphatic heterocycles. The van der Waals surface area contributed by atoms with Crippen molar-refractivity contribution in [3.8, 4) is 0 Å². The molecule has 0 spiro atoms. The Labute approximate surface area is 119 Å². The van der Waals surface area contributed by atoms with Gasteiger partial charge >= 0.3 is 12.1 Å². The summed E-state index contributed by atoms with van der Waals surface area (Å²) in [7, 11) is 0. The fourth-order valence-electron chi connectivity index (χ4n) is 3.41. The third kappa shape index (κ3) is 1.76. The van der Waals surface area contributed by atoms with Gasteiger partial charge in [0, 0.05) is 12.1 Å². The highest BCUT2D eigenvalue weighted by Gasteiger charge is 2.59. The summed E-state index contributed by atoms with van der Waals surface area (Å²) in [4.78, 5) is 32.4. The van der Waals surface area contributed by atoms with Gasteiger partial charge in [-0.2, -0.15) is 0 Å². The molecule has 0 unspecified atom stereocenters. The van der Waals surface area contributed by atoms with E-state index in [1.54, 1.807) is 9.80 Å². The summed E-state index contributed by atoms with van der Waals surface area (Å²) in [6.07, 6.45) is 0.607. The first-order chi connectivity index (χ1) is 9.34. The van der Waals surface area contributed by atoms with Crippen LogP contribution in [0, 0.1) is 0 Å². The van der Waals surface area contributed by atoms with E-state index < -0.39 is 0 Å². The van der Waals surface area contributed by atoms with Gasteiger partial charge in [0.15, 0.2) is 6.17 Å². The van der Waals surface area contributed by atoms with Crippen molar-refractivity contribution in [1.82, 2.24) is 24.9 Å². The molecule has 0 aliphatic carbocycles. The van der Waals surface area contributed by atoms with Crippen molar-refractivity contribution in [2.75, 3.05) is 19.9 Å². The molecule has 20 heavy (non-hydrogen) atoms. The summed E-state index contributed by atoms with van der Waals surface area (Å²) in [5, 5.41) is 2.96. The molecule has 3 fully saturated rings. The fourth-order valence-corrected chi connectivity index (χ4v) is 3.41. The molecule has 3 aliphatic rings. The van der Waals surface area contributed by atoms with E-state index >= 15 is 0 Å². The molecule has 0 saturated carbocycles. The minimum Gasteiger partial charge on any atom is -0.314 e. The second-order valence-electron chi connectivity index (χ2n) is 6.75. The molecule has 7 nitrogen and oxygen atoms in total. The van der Waals surface area contributed by atoms with E-state index in [2.05, 4.69) is 17.1 Å². The van der Waals surface area contributed by atoms with Crippen molar-refractivity contribution < 1.29 is 9.59 Å². The summed E-state index contributed by atoms with van der Waals surface area (Å²) < 4.78 is 0. The smallest absolute Gasteiger partial charge is 0.314 e. The van der Waals surface area contributed by atoms with Gasteiger partial charge in [-0.1, -0.05) is 6.92 Å². The largest absolute Gasteiger partial charge is 0.325 e. The number of carbonyl (C=O) groups is 2. The van der Waals surface area contributed by atoms with E-state index in [4.69, 9.17) is 0 Å². The minimum absolute atomic E-state index is 0.0123. The Morgan fingerprint density at radius 3 is 2.45 bits per heavy atom. The van der Waals surface area contributed by atoms with Gasteiger partial charge in [0.05, 0.1) is 13.3 Å². The highest BCUT2D eigenvalue weighted by atomic mass is 16.2. The van der Waals surface area contributed by atoms with Crippen LogP contribution in [-0.4, -0.2) is 69.4 Å². The molecule has 0 bridgehead atoms. The van der Waals surface area contributed by atoms with Crippen LogP contribution in [0.4, 0.5) is 9.59 Å². The number of nitrogens with one attached hydrogen (secondary N) is 1. The van der Waals surface area contributed by atoms with Crippen LogP contribution in [0.3, 0.4) is 0 Å². The number of nitrogens with zero attached hydrogens (tertiary/aromatic N) is 4. The Balaban J connectivity index is 1.93. The van der Waals surface area contributed by atoms with Crippen LogP contribution >= 0.6 is 0 Å². The van der Waals surface area contributed by atoms with E-state index in [-0.39, 0.29) is 29.9 Å². The van der Waals surface area contributed by atoms with E-state index in [1.165, 1.54) is 0 Å². The van der Waals surface area contributed by atoms with Crippen LogP contribution in [0.2, 0.25) is 0 Å². The number of rotatable bonds is 2. The lowest BCUT2D eigenvalue weighted by molar-refractivity contribution is -0.0104. The second kappa shape index (κ2) is 4.25. The van der Waals surface area contributed by atoms with Crippen LogP contribution < -0.4 is 5.32 Å². The molecule has 3 rings (SSSR count). The maximum absolute atomic E-state index is 12.7. The Kier molecular flexibility index (Phi) is 2.86. The van der Waals surface area contributed by atoms with Crippen molar-refractivity contribution in [2.45, 2.75) is 52.0 Å². The molecular formula is C13H23N5O2. The molecular weight excluding hydrogens is 258 g/mol. The Hall–Kier alpha value is -1.50. The summed E-state index contributed by atoms with van der Waals surface area (Å²) >= 11 is 0. The number of hydrogen-bond donors (Lipinski definition) is 1. The minimum atomic E-state index is -0.308. The normalized spacial score (nSPS) is 30.1. The Morgan fingerprint density at radius 2 is 1.85 bits per heavy atom. The van der Waals surface area contributed by atoms with Crippen LogP contribution in [0.25, 0.3) is 0 Å². The standard InChI is InChI=1S/C13H23N5O2/c1-5-6-15-7-16-10-9(14-11(16)19)18(13(2,3)4)12(20)17(10)8-15/h9-10H,5-8H2,1-4H3,(H,14,19)/t9-,10+/m1/s1. The molecule has 0 radical (unpaired) electrons. The van der Waals surface area contributed by atoms with E-state index in [0.29, 0.717) is 13.3 Å². The SMILES string of the molecule is CCCN1CN2C(=O)N[C@H]3[C@@H]2N(C1)C(=O)N3C(C)(C)C. The van der Waals surface area contributed by atoms with Crippen LogP contribution in [-0.2, 0) is 0 Å². The summed E-state index contributed by atoms with van der Waals surface area (Å²) in [6, 6.07) is -0.0640. The average molecular weight is 281 g/mol. The number of hydrogen-bond acceptors (Lipinski definition) is 3. The summed E-state index contributed by atoms with van der Waals surface area (Å²) in [6.45, 7) is 10.2. The van der Waals surface area contributed by atoms with Crippen molar-refractivity contribution >= 4 is 12.1 Å². The first-order valence-electron chi connectivity index (χ1n) is 7.24. The fraction of sp³-hybridized carbons (Fsp3) is 0.846. The Bertz CT molecular complexity index is 447. The Morgan fingerprint density at radius 1 is 1.20 bits per heavy atom. The molecule has 3 saturated heterocycles. The monoisotopic (exact) mass is 281 g/mol. The lowest BCUT2D eigenvalue weighted by atomic mass is 10.1. The van der Waals surface area contributed by atoms with E-state index in [1.807, 2.05) is 25.7 Å². The van der Waals surface area contributed by atoms with Gasteiger partial charge in [-0.25, -0.2) is 9.59 Å². The average Bonchev–Trinajstić information content (AvgIpc) is 2.79. The van der Waals surface area contributed by atoms with Crippen LogP contribution in [0.5, 0.6) is 0 Å². The van der Waals surface area contributed by atoms with Crippen molar-refractivity contribution in [2.24, 2.45) is 0 Å². The van der Waals surface area contributed by atoms with Crippen molar-refractivity contribution in [3.63, 3.8) is 0 Å². The van der Waals surface area contributed by atoms with Gasteiger partial charge in [-0.3, -0.25) is 19.6 Å². The zero-order valence-electron chi connectivity index (χ0n) is 12.6. The summed E-state index contributed by atoms with van der Waals surface area (Å²) in [5.41, 5.74) is -0.308. The molecule has 1 N–H and O–H groups in total. The lowest BCUT2D eigenvalue weighted by Crippen LogP contribution is -2.60. The van der Waals surface area contributed by atoms with Crippen molar-refractivity contribution in [1.29, 1.82) is 0 Å². The highest BCUT2D eigenvalue weighted by Crippen LogP contribution is 2.36. The first-order valence-corrected chi connectivity index (χ1v) is 7.24. The summed E-state index contributed by atoms with van der Waals surface area (Å²) in [5.74, 6) is 0. The quantitative estimate of drug-likeness (QED) is 0.816. The van der Waals surface area contributed by atoms with Crippen LogP contribution in [0.15, 0.2) is 0 Å². The maximum Gasteiger partial charge on any atom is 0.325 e. The molecule has 2 atom stereocenters. The van der Waals surface area contributed by atoms with E-state index in [0.717, 1.165) is 13.0 Å². The highest BCUT2D eigenvalue weighted by molar-refractivity contribution is 5.85.